The fourth-order valence-electron chi connectivity index (χ4n) is 4.20. The Kier molecular flexibility index (Phi) is 3.14. The number of carbonyl (C=O) groups excluding carboxylic acids is 1. The second-order valence-electron chi connectivity index (χ2n) is 6.60. The summed E-state index contributed by atoms with van der Waals surface area (Å²) >= 11 is 0. The molecule has 1 aromatic rings. The number of hydrogen-bond acceptors (Lipinski definition) is 4. The number of ether oxygens (including phenoxy) is 1. The molecule has 0 aromatic heterocycles. The van der Waals surface area contributed by atoms with Crippen molar-refractivity contribution in [3.8, 4) is 0 Å². The van der Waals surface area contributed by atoms with Crippen LogP contribution in [0, 0.1) is 0 Å². The third-order valence-corrected chi connectivity index (χ3v) is 5.46. The number of fused-ring (bicyclic) bond motifs is 3. The fraction of sp³-hybridized carbons (Fsp3) is 0.588. The first-order valence-electron chi connectivity index (χ1n) is 7.97. The van der Waals surface area contributed by atoms with E-state index in [4.69, 9.17) is 4.74 Å². The predicted molar refractivity (Wildman–Crippen MR) is 81.4 cm³/mol. The van der Waals surface area contributed by atoms with Crippen molar-refractivity contribution in [3.63, 3.8) is 0 Å². The van der Waals surface area contributed by atoms with E-state index in [1.165, 1.54) is 12.8 Å². The van der Waals surface area contributed by atoms with Crippen molar-refractivity contribution in [2.24, 2.45) is 0 Å². The lowest BCUT2D eigenvalue weighted by molar-refractivity contribution is -0.153. The minimum Gasteiger partial charge on any atom is -0.462 e. The average molecular weight is 286 g/mol. The van der Waals surface area contributed by atoms with Crippen molar-refractivity contribution in [2.75, 3.05) is 18.9 Å². The van der Waals surface area contributed by atoms with Gasteiger partial charge in [0, 0.05) is 24.3 Å². The molecule has 3 aliphatic heterocycles. The van der Waals surface area contributed by atoms with Crippen molar-refractivity contribution in [2.45, 2.75) is 49.8 Å². The first-order valence-corrected chi connectivity index (χ1v) is 7.97. The van der Waals surface area contributed by atoms with Gasteiger partial charge >= 0.3 is 5.97 Å². The number of hydrogen-bond donors (Lipinski definition) is 1. The van der Waals surface area contributed by atoms with Gasteiger partial charge in [-0.05, 0) is 44.4 Å². The predicted octanol–water partition coefficient (Wildman–Crippen LogP) is 2.36. The van der Waals surface area contributed by atoms with Crippen LogP contribution in [0.3, 0.4) is 0 Å². The van der Waals surface area contributed by atoms with Crippen molar-refractivity contribution < 1.29 is 9.53 Å². The third-order valence-electron chi connectivity index (χ3n) is 5.46. The van der Waals surface area contributed by atoms with Crippen LogP contribution in [-0.2, 0) is 9.53 Å². The number of nitrogens with zero attached hydrogens (tertiary/aromatic N) is 1. The number of anilines is 1. The maximum Gasteiger partial charge on any atom is 0.315 e. The first kappa shape index (κ1) is 13.1. The minimum atomic E-state index is -0.140. The van der Waals surface area contributed by atoms with Crippen LogP contribution in [0.2, 0.25) is 0 Å². The van der Waals surface area contributed by atoms with E-state index in [1.807, 2.05) is 24.3 Å². The maximum absolute atomic E-state index is 12.5. The van der Waals surface area contributed by atoms with Crippen LogP contribution in [-0.4, -0.2) is 42.6 Å². The largest absolute Gasteiger partial charge is 0.462 e. The summed E-state index contributed by atoms with van der Waals surface area (Å²) < 4.78 is 5.86. The zero-order chi connectivity index (χ0) is 14.4. The van der Waals surface area contributed by atoms with Gasteiger partial charge in [0.05, 0.1) is 0 Å². The number of piperidine rings is 1. The molecule has 4 heteroatoms. The van der Waals surface area contributed by atoms with Gasteiger partial charge in [0.1, 0.15) is 12.0 Å². The topological polar surface area (TPSA) is 41.6 Å². The Bertz CT molecular complexity index is 545. The monoisotopic (exact) mass is 286 g/mol. The van der Waals surface area contributed by atoms with Crippen LogP contribution < -0.4 is 5.32 Å². The van der Waals surface area contributed by atoms with Gasteiger partial charge in [-0.25, -0.2) is 0 Å². The highest BCUT2D eigenvalue weighted by Crippen LogP contribution is 2.37. The molecule has 0 amide bonds. The molecule has 21 heavy (non-hydrogen) atoms. The van der Waals surface area contributed by atoms with Crippen molar-refractivity contribution >= 4 is 11.7 Å². The maximum atomic E-state index is 12.5. The number of rotatable bonds is 2. The number of benzene rings is 1. The molecule has 2 fully saturated rings. The summed E-state index contributed by atoms with van der Waals surface area (Å²) in [5, 5.41) is 3.30. The van der Waals surface area contributed by atoms with Crippen LogP contribution >= 0.6 is 0 Å². The Hall–Kier alpha value is -1.55. The zero-order valence-corrected chi connectivity index (χ0v) is 12.4. The van der Waals surface area contributed by atoms with E-state index >= 15 is 0 Å². The van der Waals surface area contributed by atoms with E-state index in [0.29, 0.717) is 18.6 Å². The van der Waals surface area contributed by atoms with E-state index in [2.05, 4.69) is 17.3 Å². The summed E-state index contributed by atoms with van der Waals surface area (Å²) in [7, 11) is 2.21. The molecule has 0 saturated carbocycles. The second-order valence-corrected chi connectivity index (χ2v) is 6.60. The van der Waals surface area contributed by atoms with Crippen molar-refractivity contribution in [1.82, 2.24) is 4.90 Å². The summed E-state index contributed by atoms with van der Waals surface area (Å²) in [6, 6.07) is 9.25. The van der Waals surface area contributed by atoms with Crippen LogP contribution in [0.25, 0.3) is 0 Å². The molecule has 3 aliphatic rings. The van der Waals surface area contributed by atoms with Crippen molar-refractivity contribution in [3.05, 3.63) is 29.8 Å². The SMILES string of the molecule is CN1C2CCC1CC(OC(=O)C1CNc3ccccc31)C2. The summed E-state index contributed by atoms with van der Waals surface area (Å²) in [5.74, 6) is -0.195. The van der Waals surface area contributed by atoms with Gasteiger partial charge in [0.25, 0.3) is 0 Å². The van der Waals surface area contributed by atoms with E-state index < -0.39 is 0 Å². The van der Waals surface area contributed by atoms with Gasteiger partial charge in [-0.3, -0.25) is 4.79 Å². The fourth-order valence-corrected chi connectivity index (χ4v) is 4.20. The highest BCUT2D eigenvalue weighted by Gasteiger charge is 2.41. The standard InChI is InChI=1S/C17H22N2O2/c1-19-11-6-7-12(19)9-13(8-11)21-17(20)15-10-18-16-5-3-2-4-14(15)16/h2-5,11-13,15,18H,6-10H2,1H3. The van der Waals surface area contributed by atoms with E-state index in [9.17, 15) is 4.79 Å². The van der Waals surface area contributed by atoms with Gasteiger partial charge in [-0.15, -0.1) is 0 Å². The third kappa shape index (κ3) is 2.22. The molecule has 4 nitrogen and oxygen atoms in total. The van der Waals surface area contributed by atoms with E-state index in [0.717, 1.165) is 24.1 Å². The molecule has 3 unspecified atom stereocenters. The van der Waals surface area contributed by atoms with Gasteiger partial charge in [-0.1, -0.05) is 18.2 Å². The quantitative estimate of drug-likeness (QED) is 0.848. The number of carbonyl (C=O) groups is 1. The number of nitrogens with one attached hydrogen (secondary N) is 1. The Morgan fingerprint density at radius 3 is 2.71 bits per heavy atom. The van der Waals surface area contributed by atoms with E-state index in [-0.39, 0.29) is 18.0 Å². The lowest BCUT2D eigenvalue weighted by atomic mass is 9.99. The summed E-state index contributed by atoms with van der Waals surface area (Å²) in [6.45, 7) is 0.664. The molecule has 0 radical (unpaired) electrons. The van der Waals surface area contributed by atoms with Gasteiger partial charge in [0.2, 0.25) is 0 Å². The molecule has 0 spiro atoms. The zero-order valence-electron chi connectivity index (χ0n) is 12.4. The highest BCUT2D eigenvalue weighted by molar-refractivity contribution is 5.84. The Balaban J connectivity index is 1.43. The molecule has 112 valence electrons. The van der Waals surface area contributed by atoms with Crippen LogP contribution in [0.15, 0.2) is 24.3 Å². The first-order chi connectivity index (χ1) is 10.2. The Morgan fingerprint density at radius 2 is 1.95 bits per heavy atom. The highest BCUT2D eigenvalue weighted by atomic mass is 16.5. The molecule has 1 aromatic carbocycles. The van der Waals surface area contributed by atoms with E-state index in [1.54, 1.807) is 0 Å². The smallest absolute Gasteiger partial charge is 0.315 e. The molecule has 2 saturated heterocycles. The summed E-state index contributed by atoms with van der Waals surface area (Å²) in [6.07, 6.45) is 4.62. The molecule has 1 N–H and O–H groups in total. The molecule has 0 aliphatic carbocycles. The van der Waals surface area contributed by atoms with Gasteiger partial charge in [-0.2, -0.15) is 0 Å². The summed E-state index contributed by atoms with van der Waals surface area (Å²) in [4.78, 5) is 15.0. The van der Waals surface area contributed by atoms with Crippen molar-refractivity contribution in [1.29, 1.82) is 0 Å². The van der Waals surface area contributed by atoms with Crippen LogP contribution in [0.1, 0.15) is 37.2 Å². The average Bonchev–Trinajstić information content (AvgIpc) is 2.98. The minimum absolute atomic E-state index is 0.0543. The molecule has 4 rings (SSSR count). The molecular weight excluding hydrogens is 264 g/mol. The number of para-hydroxylation sites is 1. The lowest BCUT2D eigenvalue weighted by Gasteiger charge is -2.36. The Morgan fingerprint density at radius 1 is 1.24 bits per heavy atom. The van der Waals surface area contributed by atoms with Crippen LogP contribution in [0.4, 0.5) is 5.69 Å². The second kappa shape index (κ2) is 5.02. The van der Waals surface area contributed by atoms with Gasteiger partial charge < -0.3 is 15.0 Å². The normalized spacial score (nSPS) is 34.3. The molecule has 3 atom stereocenters. The molecule has 3 heterocycles. The molecule has 2 bridgehead atoms. The van der Waals surface area contributed by atoms with Crippen LogP contribution in [0.5, 0.6) is 0 Å². The lowest BCUT2D eigenvalue weighted by Crippen LogP contribution is -2.43. The summed E-state index contributed by atoms with van der Waals surface area (Å²) in [5.41, 5.74) is 2.15. The number of esters is 1. The Labute approximate surface area is 125 Å². The van der Waals surface area contributed by atoms with Gasteiger partial charge in [0.15, 0.2) is 0 Å². The molecular formula is C17H22N2O2.